The summed E-state index contributed by atoms with van der Waals surface area (Å²) in [4.78, 5) is 17.0. The van der Waals surface area contributed by atoms with E-state index in [1.807, 2.05) is 29.8 Å². The van der Waals surface area contributed by atoms with Crippen LogP contribution in [0.5, 0.6) is 0 Å². The monoisotopic (exact) mass is 467 g/mol. The number of thioether (sulfide) groups is 1. The van der Waals surface area contributed by atoms with Gasteiger partial charge in [-0.25, -0.2) is 4.39 Å². The molecule has 1 aromatic heterocycles. The molecule has 1 amide bonds. The zero-order valence-electron chi connectivity index (χ0n) is 19.2. The summed E-state index contributed by atoms with van der Waals surface area (Å²) < 4.78 is 15.5. The maximum Gasteiger partial charge on any atom is 0.233 e. The van der Waals surface area contributed by atoms with Crippen LogP contribution < -0.4 is 0 Å². The Hall–Kier alpha value is -2.71. The highest BCUT2D eigenvalue weighted by Crippen LogP contribution is 2.24. The molecule has 6 nitrogen and oxygen atoms in total. The SMILES string of the molecule is Cc1ccccc1CN(C)C(=O)CSc1nnc(CN2CCCCC2)n1-c1ccc(F)cc1. The Kier molecular flexibility index (Phi) is 7.77. The van der Waals surface area contributed by atoms with Gasteiger partial charge in [0.2, 0.25) is 5.91 Å². The smallest absolute Gasteiger partial charge is 0.233 e. The maximum absolute atomic E-state index is 13.5. The number of aromatic nitrogens is 3. The predicted molar refractivity (Wildman–Crippen MR) is 129 cm³/mol. The lowest BCUT2D eigenvalue weighted by atomic mass is 10.1. The third-order valence-corrected chi connectivity index (χ3v) is 6.93. The van der Waals surface area contributed by atoms with Crippen LogP contribution in [0.3, 0.4) is 0 Å². The Labute approximate surface area is 198 Å². The minimum atomic E-state index is -0.286. The highest BCUT2D eigenvalue weighted by molar-refractivity contribution is 7.99. The minimum Gasteiger partial charge on any atom is -0.341 e. The van der Waals surface area contributed by atoms with Crippen LogP contribution >= 0.6 is 11.8 Å². The van der Waals surface area contributed by atoms with E-state index in [9.17, 15) is 9.18 Å². The number of aryl methyl sites for hydroxylation is 1. The molecule has 33 heavy (non-hydrogen) atoms. The molecule has 1 aliphatic rings. The van der Waals surface area contributed by atoms with Gasteiger partial charge in [-0.3, -0.25) is 14.3 Å². The molecular formula is C25H30FN5OS. The van der Waals surface area contributed by atoms with Gasteiger partial charge in [0.15, 0.2) is 11.0 Å². The molecule has 174 valence electrons. The van der Waals surface area contributed by atoms with E-state index in [-0.39, 0.29) is 17.5 Å². The van der Waals surface area contributed by atoms with Crippen molar-refractivity contribution in [1.29, 1.82) is 0 Å². The highest BCUT2D eigenvalue weighted by Gasteiger charge is 2.20. The number of carbonyl (C=O) groups excluding carboxylic acids is 1. The molecule has 1 fully saturated rings. The van der Waals surface area contributed by atoms with E-state index < -0.39 is 0 Å². The molecule has 0 aliphatic carbocycles. The van der Waals surface area contributed by atoms with Gasteiger partial charge in [0.1, 0.15) is 5.82 Å². The number of nitrogens with zero attached hydrogens (tertiary/aromatic N) is 5. The summed E-state index contributed by atoms with van der Waals surface area (Å²) in [5.41, 5.74) is 3.11. The van der Waals surface area contributed by atoms with Crippen LogP contribution in [-0.4, -0.2) is 56.4 Å². The van der Waals surface area contributed by atoms with Gasteiger partial charge in [-0.05, 0) is 68.2 Å². The van der Waals surface area contributed by atoms with Crippen molar-refractivity contribution < 1.29 is 9.18 Å². The number of halogens is 1. The van der Waals surface area contributed by atoms with E-state index in [4.69, 9.17) is 0 Å². The number of rotatable bonds is 8. The van der Waals surface area contributed by atoms with Gasteiger partial charge in [-0.15, -0.1) is 10.2 Å². The summed E-state index contributed by atoms with van der Waals surface area (Å²) in [6.07, 6.45) is 3.64. The van der Waals surface area contributed by atoms with Crippen molar-refractivity contribution in [1.82, 2.24) is 24.6 Å². The Morgan fingerprint density at radius 3 is 2.52 bits per heavy atom. The van der Waals surface area contributed by atoms with Crippen LogP contribution in [-0.2, 0) is 17.9 Å². The molecule has 1 saturated heterocycles. The van der Waals surface area contributed by atoms with Crippen molar-refractivity contribution in [3.05, 3.63) is 71.3 Å². The second-order valence-electron chi connectivity index (χ2n) is 8.51. The summed E-state index contributed by atoms with van der Waals surface area (Å²) in [5.74, 6) is 0.804. The lowest BCUT2D eigenvalue weighted by molar-refractivity contribution is -0.127. The molecule has 3 aromatic rings. The highest BCUT2D eigenvalue weighted by atomic mass is 32.2. The first-order chi connectivity index (χ1) is 16.0. The zero-order valence-corrected chi connectivity index (χ0v) is 20.0. The van der Waals surface area contributed by atoms with Crippen molar-refractivity contribution in [2.45, 2.75) is 44.4 Å². The van der Waals surface area contributed by atoms with Gasteiger partial charge in [-0.2, -0.15) is 0 Å². The fraction of sp³-hybridized carbons (Fsp3) is 0.400. The first kappa shape index (κ1) is 23.4. The number of benzene rings is 2. The molecule has 8 heteroatoms. The number of hydrogen-bond donors (Lipinski definition) is 0. The van der Waals surface area contributed by atoms with Gasteiger partial charge < -0.3 is 4.90 Å². The van der Waals surface area contributed by atoms with Gasteiger partial charge in [0.05, 0.1) is 12.3 Å². The van der Waals surface area contributed by atoms with E-state index in [1.54, 1.807) is 17.0 Å². The lowest BCUT2D eigenvalue weighted by Gasteiger charge is -2.26. The topological polar surface area (TPSA) is 54.3 Å². The van der Waals surface area contributed by atoms with Crippen molar-refractivity contribution in [3.63, 3.8) is 0 Å². The third-order valence-electron chi connectivity index (χ3n) is 6.02. The summed E-state index contributed by atoms with van der Waals surface area (Å²) >= 11 is 1.37. The largest absolute Gasteiger partial charge is 0.341 e. The Morgan fingerprint density at radius 1 is 1.06 bits per heavy atom. The van der Waals surface area contributed by atoms with Crippen molar-refractivity contribution in [2.24, 2.45) is 0 Å². The summed E-state index contributed by atoms with van der Waals surface area (Å²) in [6, 6.07) is 14.4. The lowest BCUT2D eigenvalue weighted by Crippen LogP contribution is -2.30. The standard InChI is InChI=1S/C25H30FN5OS/c1-19-8-4-5-9-20(19)16-29(2)24(32)18-33-25-28-27-23(17-30-14-6-3-7-15-30)31(25)22-12-10-21(26)11-13-22/h4-5,8-13H,3,6-7,14-18H2,1-2H3. The fourth-order valence-corrected chi connectivity index (χ4v) is 4.94. The van der Waals surface area contributed by atoms with E-state index in [1.165, 1.54) is 48.7 Å². The Balaban J connectivity index is 1.48. The van der Waals surface area contributed by atoms with E-state index >= 15 is 0 Å². The molecule has 0 radical (unpaired) electrons. The van der Waals surface area contributed by atoms with Crippen molar-refractivity contribution in [3.8, 4) is 5.69 Å². The molecule has 0 N–H and O–H groups in total. The first-order valence-electron chi connectivity index (χ1n) is 11.3. The van der Waals surface area contributed by atoms with Crippen LogP contribution in [0.15, 0.2) is 53.7 Å². The third kappa shape index (κ3) is 6.00. The van der Waals surface area contributed by atoms with Crippen LogP contribution in [0.25, 0.3) is 5.69 Å². The van der Waals surface area contributed by atoms with Gasteiger partial charge in [0.25, 0.3) is 0 Å². The van der Waals surface area contributed by atoms with Gasteiger partial charge >= 0.3 is 0 Å². The molecule has 0 unspecified atom stereocenters. The molecule has 0 saturated carbocycles. The quantitative estimate of drug-likeness (QED) is 0.458. The molecule has 0 atom stereocenters. The normalized spacial score (nSPS) is 14.4. The molecule has 1 aliphatic heterocycles. The molecule has 2 aromatic carbocycles. The van der Waals surface area contributed by atoms with Crippen LogP contribution in [0.1, 0.15) is 36.2 Å². The van der Waals surface area contributed by atoms with Crippen LogP contribution in [0.4, 0.5) is 4.39 Å². The van der Waals surface area contributed by atoms with Crippen molar-refractivity contribution in [2.75, 3.05) is 25.9 Å². The van der Waals surface area contributed by atoms with E-state index in [0.29, 0.717) is 18.2 Å². The van der Waals surface area contributed by atoms with Crippen molar-refractivity contribution >= 4 is 17.7 Å². The van der Waals surface area contributed by atoms with Crippen LogP contribution in [0.2, 0.25) is 0 Å². The number of amides is 1. The number of carbonyl (C=O) groups is 1. The zero-order chi connectivity index (χ0) is 23.2. The number of hydrogen-bond acceptors (Lipinski definition) is 5. The number of likely N-dealkylation sites (tertiary alicyclic amines) is 1. The maximum atomic E-state index is 13.5. The molecular weight excluding hydrogens is 437 g/mol. The Bertz CT molecular complexity index is 1080. The molecule has 0 spiro atoms. The summed E-state index contributed by atoms with van der Waals surface area (Å²) in [7, 11) is 1.82. The molecule has 0 bridgehead atoms. The first-order valence-corrected chi connectivity index (χ1v) is 12.3. The fourth-order valence-electron chi connectivity index (χ4n) is 4.03. The van der Waals surface area contributed by atoms with E-state index in [2.05, 4.69) is 28.1 Å². The number of piperidine rings is 1. The second-order valence-corrected chi connectivity index (χ2v) is 9.45. The van der Waals surface area contributed by atoms with Gasteiger partial charge in [-0.1, -0.05) is 42.4 Å². The van der Waals surface area contributed by atoms with Crippen LogP contribution in [0, 0.1) is 12.7 Å². The minimum absolute atomic E-state index is 0.0227. The summed E-state index contributed by atoms with van der Waals surface area (Å²) in [6.45, 7) is 5.39. The molecule has 2 heterocycles. The predicted octanol–water partition coefficient (Wildman–Crippen LogP) is 4.45. The van der Waals surface area contributed by atoms with Gasteiger partial charge in [0, 0.05) is 19.3 Å². The second kappa shape index (κ2) is 10.9. The molecule has 4 rings (SSSR count). The Morgan fingerprint density at radius 2 is 1.79 bits per heavy atom. The van der Waals surface area contributed by atoms with E-state index in [0.717, 1.165) is 30.2 Å². The summed E-state index contributed by atoms with van der Waals surface area (Å²) in [5, 5.41) is 9.48. The average Bonchev–Trinajstić information content (AvgIpc) is 3.22. The average molecular weight is 468 g/mol.